The molecule has 2 atom stereocenters. The van der Waals surface area contributed by atoms with E-state index in [4.69, 9.17) is 0 Å². The number of nitrogens with one attached hydrogen (secondary N) is 1. The lowest BCUT2D eigenvalue weighted by Crippen LogP contribution is -2.50. The van der Waals surface area contributed by atoms with Crippen molar-refractivity contribution in [3.8, 4) is 0 Å². The van der Waals surface area contributed by atoms with Gasteiger partial charge in [-0.15, -0.1) is 0 Å². The van der Waals surface area contributed by atoms with E-state index in [2.05, 4.69) is 31.0 Å². The van der Waals surface area contributed by atoms with Crippen molar-refractivity contribution in [2.45, 2.75) is 71.4 Å². The Morgan fingerprint density at radius 1 is 1.50 bits per heavy atom. The molecule has 0 aromatic heterocycles. The topological polar surface area (TPSA) is 52.6 Å². The number of aliphatic carboxylic acids is 1. The molecule has 1 heterocycles. The quantitative estimate of drug-likeness (QED) is 0.683. The van der Waals surface area contributed by atoms with Gasteiger partial charge in [0.25, 0.3) is 0 Å². The highest BCUT2D eigenvalue weighted by atomic mass is 16.4. The minimum absolute atomic E-state index is 0.690. The second-order valence-corrected chi connectivity index (χ2v) is 6.66. The Labute approximate surface area is 123 Å². The van der Waals surface area contributed by atoms with Crippen molar-refractivity contribution in [1.82, 2.24) is 10.2 Å². The molecule has 4 nitrogen and oxygen atoms in total. The molecule has 118 valence electrons. The van der Waals surface area contributed by atoms with Crippen LogP contribution in [0.25, 0.3) is 0 Å². The average Bonchev–Trinajstić information content (AvgIpc) is 2.84. The molecule has 1 aliphatic heterocycles. The highest BCUT2D eigenvalue weighted by Crippen LogP contribution is 2.24. The number of hydrogen-bond acceptors (Lipinski definition) is 3. The van der Waals surface area contributed by atoms with Gasteiger partial charge in [0.2, 0.25) is 0 Å². The van der Waals surface area contributed by atoms with Crippen LogP contribution in [-0.2, 0) is 4.79 Å². The lowest BCUT2D eigenvalue weighted by atomic mass is 9.95. The molecule has 0 spiro atoms. The van der Waals surface area contributed by atoms with Crippen molar-refractivity contribution in [1.29, 1.82) is 0 Å². The molecular weight excluding hydrogens is 252 g/mol. The summed E-state index contributed by atoms with van der Waals surface area (Å²) in [6.07, 6.45) is 5.19. The fraction of sp³-hybridized carbons (Fsp3) is 0.938. The number of likely N-dealkylation sites (tertiary alicyclic amines) is 1. The van der Waals surface area contributed by atoms with Crippen LogP contribution in [0.5, 0.6) is 0 Å². The van der Waals surface area contributed by atoms with E-state index in [9.17, 15) is 9.90 Å². The van der Waals surface area contributed by atoms with E-state index >= 15 is 0 Å². The van der Waals surface area contributed by atoms with Gasteiger partial charge in [-0.2, -0.15) is 0 Å². The highest BCUT2D eigenvalue weighted by molar-refractivity contribution is 5.78. The molecule has 1 fully saturated rings. The van der Waals surface area contributed by atoms with Gasteiger partial charge in [-0.25, -0.2) is 0 Å². The van der Waals surface area contributed by atoms with Crippen molar-refractivity contribution >= 4 is 5.97 Å². The van der Waals surface area contributed by atoms with Gasteiger partial charge in [0.15, 0.2) is 0 Å². The predicted molar refractivity (Wildman–Crippen MR) is 83.0 cm³/mol. The molecule has 0 saturated carbocycles. The van der Waals surface area contributed by atoms with Crippen LogP contribution < -0.4 is 5.32 Å². The summed E-state index contributed by atoms with van der Waals surface area (Å²) in [6.45, 7) is 11.4. The number of rotatable bonds is 9. The van der Waals surface area contributed by atoms with E-state index in [1.807, 2.05) is 6.92 Å². The zero-order chi connectivity index (χ0) is 15.2. The van der Waals surface area contributed by atoms with Crippen molar-refractivity contribution in [2.75, 3.05) is 19.6 Å². The van der Waals surface area contributed by atoms with Gasteiger partial charge < -0.3 is 15.3 Å². The number of nitrogens with zero attached hydrogens (tertiary/aromatic N) is 1. The van der Waals surface area contributed by atoms with Crippen LogP contribution in [0, 0.1) is 5.92 Å². The molecule has 0 bridgehead atoms. The molecule has 4 heteroatoms. The Bertz CT molecular complexity index is 307. The first-order valence-corrected chi connectivity index (χ1v) is 8.13. The third-order valence-corrected chi connectivity index (χ3v) is 4.54. The summed E-state index contributed by atoms with van der Waals surface area (Å²) in [4.78, 5) is 14.0. The van der Waals surface area contributed by atoms with E-state index in [1.165, 1.54) is 19.4 Å². The second-order valence-electron chi connectivity index (χ2n) is 6.66. The first-order chi connectivity index (χ1) is 9.40. The van der Waals surface area contributed by atoms with Gasteiger partial charge in [0, 0.05) is 6.04 Å². The van der Waals surface area contributed by atoms with E-state index in [-0.39, 0.29) is 0 Å². The van der Waals surface area contributed by atoms with Crippen LogP contribution in [-0.4, -0.2) is 47.2 Å². The van der Waals surface area contributed by atoms with Crippen molar-refractivity contribution < 1.29 is 9.90 Å². The molecule has 0 aromatic rings. The Balaban J connectivity index is 2.42. The summed E-state index contributed by atoms with van der Waals surface area (Å²) < 4.78 is 0. The Kier molecular flexibility index (Phi) is 6.96. The summed E-state index contributed by atoms with van der Waals surface area (Å²) in [5.74, 6) is -0.0330. The molecule has 0 radical (unpaired) electrons. The Hall–Kier alpha value is -0.610. The molecule has 0 aliphatic carbocycles. The van der Waals surface area contributed by atoms with E-state index < -0.39 is 11.5 Å². The molecule has 0 aromatic carbocycles. The number of hydrogen-bond donors (Lipinski definition) is 2. The highest BCUT2D eigenvalue weighted by Gasteiger charge is 2.33. The predicted octanol–water partition coefficient (Wildman–Crippen LogP) is 2.73. The number of carbonyl (C=O) groups is 1. The van der Waals surface area contributed by atoms with Gasteiger partial charge in [-0.3, -0.25) is 4.79 Å². The zero-order valence-electron chi connectivity index (χ0n) is 13.6. The second kappa shape index (κ2) is 7.99. The van der Waals surface area contributed by atoms with Crippen LogP contribution in [0.2, 0.25) is 0 Å². The normalized spacial score (nSPS) is 23.1. The van der Waals surface area contributed by atoms with Crippen LogP contribution in [0.1, 0.15) is 59.8 Å². The summed E-state index contributed by atoms with van der Waals surface area (Å²) in [5, 5.41) is 12.6. The maximum Gasteiger partial charge on any atom is 0.323 e. The molecule has 1 aliphatic rings. The van der Waals surface area contributed by atoms with Crippen LogP contribution >= 0.6 is 0 Å². The smallest absolute Gasteiger partial charge is 0.323 e. The summed E-state index contributed by atoms with van der Waals surface area (Å²) in [6, 6.07) is 0.690. The molecule has 2 unspecified atom stereocenters. The molecule has 20 heavy (non-hydrogen) atoms. The summed E-state index contributed by atoms with van der Waals surface area (Å²) >= 11 is 0. The third-order valence-electron chi connectivity index (χ3n) is 4.54. The van der Waals surface area contributed by atoms with Crippen molar-refractivity contribution in [2.24, 2.45) is 5.92 Å². The molecule has 1 saturated heterocycles. The minimum atomic E-state index is -0.775. The van der Waals surface area contributed by atoms with Gasteiger partial charge in [-0.05, 0) is 64.6 Å². The molecule has 1 rings (SSSR count). The lowest BCUT2D eigenvalue weighted by Gasteiger charge is -2.30. The lowest BCUT2D eigenvalue weighted by molar-refractivity contribution is -0.144. The van der Waals surface area contributed by atoms with Gasteiger partial charge in [-0.1, -0.05) is 20.8 Å². The molecular formula is C16H32N2O2. The van der Waals surface area contributed by atoms with Crippen LogP contribution in [0.4, 0.5) is 0 Å². The fourth-order valence-corrected chi connectivity index (χ4v) is 3.19. The third kappa shape index (κ3) is 4.74. The summed E-state index contributed by atoms with van der Waals surface area (Å²) in [5.41, 5.74) is -0.775. The maximum absolute atomic E-state index is 11.5. The number of carboxylic acids is 1. The first-order valence-electron chi connectivity index (χ1n) is 8.13. The van der Waals surface area contributed by atoms with Crippen molar-refractivity contribution in [3.05, 3.63) is 0 Å². The molecule has 0 amide bonds. The fourth-order valence-electron chi connectivity index (χ4n) is 3.19. The average molecular weight is 284 g/mol. The van der Waals surface area contributed by atoms with E-state index in [1.54, 1.807) is 0 Å². The first kappa shape index (κ1) is 17.4. The van der Waals surface area contributed by atoms with Crippen molar-refractivity contribution in [3.63, 3.8) is 0 Å². The number of carboxylic acid groups (broad SMARTS) is 1. The summed E-state index contributed by atoms with van der Waals surface area (Å²) in [7, 11) is 0. The van der Waals surface area contributed by atoms with Crippen LogP contribution in [0.3, 0.4) is 0 Å². The van der Waals surface area contributed by atoms with Crippen LogP contribution in [0.15, 0.2) is 0 Å². The zero-order valence-corrected chi connectivity index (χ0v) is 13.6. The van der Waals surface area contributed by atoms with Gasteiger partial charge >= 0.3 is 5.97 Å². The van der Waals surface area contributed by atoms with Gasteiger partial charge in [0.05, 0.1) is 0 Å². The molecule has 2 N–H and O–H groups in total. The maximum atomic E-state index is 11.5. The largest absolute Gasteiger partial charge is 0.480 e. The van der Waals surface area contributed by atoms with E-state index in [0.717, 1.165) is 25.9 Å². The van der Waals surface area contributed by atoms with Gasteiger partial charge in [0.1, 0.15) is 5.54 Å². The standard InChI is InChI=1S/C16H32N2O2/c1-5-10-17-16(4,15(19)20)9-7-12-18-11-6-8-14(18)13(2)3/h13-14,17H,5-12H2,1-4H3,(H,19,20). The van der Waals surface area contributed by atoms with E-state index in [0.29, 0.717) is 18.4 Å². The Morgan fingerprint density at radius 3 is 2.75 bits per heavy atom. The monoisotopic (exact) mass is 284 g/mol. The Morgan fingerprint density at radius 2 is 2.20 bits per heavy atom. The minimum Gasteiger partial charge on any atom is -0.480 e. The SMILES string of the molecule is CCCNC(C)(CCCN1CCCC1C(C)C)C(=O)O.